The highest BCUT2D eigenvalue weighted by molar-refractivity contribution is 6.49. The normalized spacial score (nSPS) is 11.8. The minimum absolute atomic E-state index is 0. The van der Waals surface area contributed by atoms with Crippen molar-refractivity contribution in [1.82, 2.24) is 9.97 Å². The summed E-state index contributed by atoms with van der Waals surface area (Å²) in [5.41, 5.74) is 3.55. The second-order valence-electron chi connectivity index (χ2n) is 4.72. The first kappa shape index (κ1) is 14.4. The zero-order valence-electron chi connectivity index (χ0n) is 13.2. The van der Waals surface area contributed by atoms with Crippen LogP contribution in [0.2, 0.25) is 13.1 Å². The molecule has 1 aromatic carbocycles. The molecule has 0 amide bonds. The quantitative estimate of drug-likeness (QED) is 0.636. The van der Waals surface area contributed by atoms with Crippen molar-refractivity contribution in [3.05, 3.63) is 48.0 Å². The molecule has 5 heteroatoms. The molecule has 1 aromatic heterocycles. The highest BCUT2D eigenvalue weighted by Gasteiger charge is 2.10. The van der Waals surface area contributed by atoms with Crippen LogP contribution < -0.4 is 4.43 Å². The summed E-state index contributed by atoms with van der Waals surface area (Å²) in [5.74, 6) is 0.870. The molecule has 2 aromatic rings. The minimum atomic E-state index is -0.828. The Morgan fingerprint density at radius 1 is 1.30 bits per heavy atom. The third kappa shape index (κ3) is 3.51. The van der Waals surface area contributed by atoms with Gasteiger partial charge in [-0.3, -0.25) is 9.97 Å². The monoisotopic (exact) mass is 285 g/mol. The van der Waals surface area contributed by atoms with Crippen LogP contribution in [0, 0.1) is 6.92 Å². The number of aromatic nitrogens is 2. The van der Waals surface area contributed by atoms with Gasteiger partial charge in [0.15, 0.2) is 0 Å². The van der Waals surface area contributed by atoms with Crippen LogP contribution in [0.5, 0.6) is 5.75 Å². The molecule has 0 aliphatic heterocycles. The molecule has 1 radical (unpaired) electrons. The van der Waals surface area contributed by atoms with Crippen LogP contribution in [0.3, 0.4) is 0 Å². The number of rotatable bonds is 4. The van der Waals surface area contributed by atoms with E-state index in [4.69, 9.17) is 4.43 Å². The molecular weight excluding hydrogens is 266 g/mol. The Morgan fingerprint density at radius 3 is 2.75 bits per heavy atom. The lowest BCUT2D eigenvalue weighted by atomic mass is 10.2. The average molecular weight is 285 g/mol. The van der Waals surface area contributed by atoms with Crippen LogP contribution in [-0.2, 0) is 0 Å². The number of aryl methyl sites for hydroxylation is 1. The standard InChI is InChI=1S/C15H18N3OSi/c1-11-6-5-7-13(15(11)19-20(3)4)18-12(2)14-10-16-8-9-17-14/h5-10H,1-4H3/p+1. The molecule has 4 nitrogen and oxygen atoms in total. The Labute approximate surface area is 122 Å². The molecular formula is C15H19N3OSi+. The predicted molar refractivity (Wildman–Crippen MR) is 84.3 cm³/mol. The van der Waals surface area contributed by atoms with Gasteiger partial charge in [0.25, 0.3) is 9.04 Å². The van der Waals surface area contributed by atoms with Crippen molar-refractivity contribution in [3.8, 4) is 5.75 Å². The van der Waals surface area contributed by atoms with Crippen LogP contribution >= 0.6 is 0 Å². The second-order valence-corrected chi connectivity index (χ2v) is 6.74. The largest absolute Gasteiger partial charge is 1.00 e. The van der Waals surface area contributed by atoms with Crippen LogP contribution in [0.4, 0.5) is 5.69 Å². The van der Waals surface area contributed by atoms with Gasteiger partial charge in [-0.1, -0.05) is 12.1 Å². The second kappa shape index (κ2) is 6.43. The fraction of sp³-hybridized carbons (Fsp3) is 0.267. The molecule has 0 bridgehead atoms. The first-order valence-electron chi connectivity index (χ1n) is 6.47. The Hall–Kier alpha value is -2.01. The molecule has 0 atom stereocenters. The van der Waals surface area contributed by atoms with E-state index in [9.17, 15) is 0 Å². The van der Waals surface area contributed by atoms with E-state index in [0.717, 1.165) is 28.4 Å². The van der Waals surface area contributed by atoms with E-state index >= 15 is 0 Å². The number of nitrogens with zero attached hydrogens (tertiary/aromatic N) is 3. The molecule has 2 rings (SSSR count). The lowest BCUT2D eigenvalue weighted by Gasteiger charge is -2.14. The smallest absolute Gasteiger partial charge is 0.541 e. The number of aliphatic imine (C=N–C) groups is 1. The zero-order valence-corrected chi connectivity index (χ0v) is 13.2. The number of para-hydroxylation sites is 1. The Balaban J connectivity index is 0.00000220. The highest BCUT2D eigenvalue weighted by Crippen LogP contribution is 2.32. The summed E-state index contributed by atoms with van der Waals surface area (Å²) in [6.07, 6.45) is 5.03. The van der Waals surface area contributed by atoms with Crippen LogP contribution in [-0.4, -0.2) is 24.7 Å². The first-order valence-corrected chi connectivity index (χ1v) is 8.88. The number of hydrogen-bond acceptors (Lipinski definition) is 4. The summed E-state index contributed by atoms with van der Waals surface area (Å²) in [6, 6.07) is 5.99. The third-order valence-electron chi connectivity index (χ3n) is 2.72. The summed E-state index contributed by atoms with van der Waals surface area (Å²) in [5, 5.41) is 0. The molecule has 20 heavy (non-hydrogen) atoms. The first-order chi connectivity index (χ1) is 9.58. The van der Waals surface area contributed by atoms with Crippen molar-refractivity contribution in [2.24, 2.45) is 4.99 Å². The molecule has 0 N–H and O–H groups in total. The summed E-state index contributed by atoms with van der Waals surface area (Å²) >= 11 is 0. The van der Waals surface area contributed by atoms with Gasteiger partial charge < -0.3 is 4.43 Å². The van der Waals surface area contributed by atoms with Gasteiger partial charge in [-0.25, -0.2) is 4.99 Å². The Kier molecular flexibility index (Phi) is 4.63. The molecule has 0 fully saturated rings. The summed E-state index contributed by atoms with van der Waals surface area (Å²) < 4.78 is 5.97. The summed E-state index contributed by atoms with van der Waals surface area (Å²) in [6.45, 7) is 8.19. The van der Waals surface area contributed by atoms with E-state index < -0.39 is 9.04 Å². The van der Waals surface area contributed by atoms with Gasteiger partial charge in [-0.05, 0) is 38.6 Å². The Morgan fingerprint density at radius 2 is 2.10 bits per heavy atom. The molecule has 0 saturated heterocycles. The van der Waals surface area contributed by atoms with Crippen molar-refractivity contribution >= 4 is 20.4 Å². The summed E-state index contributed by atoms with van der Waals surface area (Å²) in [4.78, 5) is 13.0. The van der Waals surface area contributed by atoms with Crippen molar-refractivity contribution in [2.75, 3.05) is 0 Å². The lowest BCUT2D eigenvalue weighted by Crippen LogP contribution is -2.12. The van der Waals surface area contributed by atoms with E-state index in [-0.39, 0.29) is 1.43 Å². The number of benzene rings is 1. The van der Waals surface area contributed by atoms with Crippen LogP contribution in [0.25, 0.3) is 0 Å². The van der Waals surface area contributed by atoms with Gasteiger partial charge in [0.2, 0.25) is 0 Å². The molecule has 0 saturated carbocycles. The lowest BCUT2D eigenvalue weighted by molar-refractivity contribution is 0.577. The maximum atomic E-state index is 5.97. The van der Waals surface area contributed by atoms with E-state index in [2.05, 4.69) is 28.1 Å². The van der Waals surface area contributed by atoms with Gasteiger partial charge in [0, 0.05) is 12.4 Å². The van der Waals surface area contributed by atoms with Gasteiger partial charge in [-0.2, -0.15) is 0 Å². The van der Waals surface area contributed by atoms with E-state index in [1.807, 2.05) is 32.0 Å². The molecule has 0 spiro atoms. The third-order valence-corrected chi connectivity index (χ3v) is 3.33. The number of hydrogen-bond donors (Lipinski definition) is 0. The van der Waals surface area contributed by atoms with Crippen molar-refractivity contribution in [1.29, 1.82) is 0 Å². The van der Waals surface area contributed by atoms with Crippen molar-refractivity contribution < 1.29 is 5.85 Å². The van der Waals surface area contributed by atoms with Gasteiger partial charge in [0.05, 0.1) is 11.9 Å². The maximum absolute atomic E-state index is 5.97. The fourth-order valence-corrected chi connectivity index (χ4v) is 2.46. The van der Waals surface area contributed by atoms with E-state index in [0.29, 0.717) is 0 Å². The van der Waals surface area contributed by atoms with Gasteiger partial charge in [0.1, 0.15) is 17.1 Å². The molecule has 0 aliphatic carbocycles. The Bertz CT molecular complexity index is 618. The SMILES string of the molecule is CC(=Nc1cccc(C)c1O[Si](C)C)c1cnccn1.[H+]. The van der Waals surface area contributed by atoms with Gasteiger partial charge >= 0.3 is 1.43 Å². The van der Waals surface area contributed by atoms with Crippen LogP contribution in [0.1, 0.15) is 19.6 Å². The van der Waals surface area contributed by atoms with E-state index in [1.165, 1.54) is 0 Å². The van der Waals surface area contributed by atoms with Crippen molar-refractivity contribution in [2.45, 2.75) is 26.9 Å². The molecule has 0 unspecified atom stereocenters. The topological polar surface area (TPSA) is 47.4 Å². The maximum Gasteiger partial charge on any atom is 1.00 e. The molecule has 103 valence electrons. The molecule has 0 aliphatic rings. The van der Waals surface area contributed by atoms with Crippen molar-refractivity contribution in [3.63, 3.8) is 0 Å². The van der Waals surface area contributed by atoms with E-state index in [1.54, 1.807) is 18.6 Å². The highest BCUT2D eigenvalue weighted by atomic mass is 28.3. The fourth-order valence-electron chi connectivity index (χ4n) is 1.79. The van der Waals surface area contributed by atoms with Gasteiger partial charge in [-0.15, -0.1) is 0 Å². The predicted octanol–water partition coefficient (Wildman–Crippen LogP) is 3.67. The molecule has 1 heterocycles. The minimum Gasteiger partial charge on any atom is -0.541 e. The summed E-state index contributed by atoms with van der Waals surface area (Å²) in [7, 11) is -0.828. The average Bonchev–Trinajstić information content (AvgIpc) is 2.43. The van der Waals surface area contributed by atoms with Crippen LogP contribution in [0.15, 0.2) is 41.8 Å². The zero-order chi connectivity index (χ0) is 14.5.